The molecule has 5 nitrogen and oxygen atoms in total. The lowest BCUT2D eigenvalue weighted by Crippen LogP contribution is -2.38. The number of benzene rings is 2. The number of aromatic nitrogens is 1. The minimum Gasteiger partial charge on any atom is -0.396 e. The van der Waals surface area contributed by atoms with E-state index in [1.165, 1.54) is 36.4 Å². The molecule has 0 fully saturated rings. The van der Waals surface area contributed by atoms with Crippen LogP contribution in [-0.4, -0.2) is 40.9 Å². The number of amides is 1. The number of aliphatic hydroxyl groups is 1. The van der Waals surface area contributed by atoms with E-state index in [9.17, 15) is 18.7 Å². The number of nitrogens with zero attached hydrogens (tertiary/aromatic N) is 2. The highest BCUT2D eigenvalue weighted by molar-refractivity contribution is 6.21. The number of rotatable bonds is 8. The second-order valence-electron chi connectivity index (χ2n) is 7.83. The van der Waals surface area contributed by atoms with Gasteiger partial charge in [-0.3, -0.25) is 14.8 Å². The van der Waals surface area contributed by atoms with Gasteiger partial charge in [-0.25, -0.2) is 13.2 Å². The monoisotopic (exact) mass is 465 g/mol. The third-order valence-corrected chi connectivity index (χ3v) is 5.55. The number of hydrogen-bond donors (Lipinski definition) is 2. The fourth-order valence-corrected chi connectivity index (χ4v) is 3.87. The summed E-state index contributed by atoms with van der Waals surface area (Å²) >= 11 is 0. The van der Waals surface area contributed by atoms with E-state index < -0.39 is 29.4 Å². The van der Waals surface area contributed by atoms with Gasteiger partial charge in [-0.05, 0) is 48.4 Å². The van der Waals surface area contributed by atoms with Gasteiger partial charge in [-0.2, -0.15) is 0 Å². The lowest BCUT2D eigenvalue weighted by molar-refractivity contribution is 0.0929. The maximum absolute atomic E-state index is 15.3. The summed E-state index contributed by atoms with van der Waals surface area (Å²) in [7, 11) is 0. The average Bonchev–Trinajstić information content (AvgIpc) is 3.21. The van der Waals surface area contributed by atoms with Crippen LogP contribution in [0, 0.1) is 11.6 Å². The topological polar surface area (TPSA) is 74.6 Å². The number of aliphatic hydroxyl groups excluding tert-OH is 1. The molecule has 0 unspecified atom stereocenters. The molecule has 0 spiro atoms. The molecule has 0 saturated heterocycles. The van der Waals surface area contributed by atoms with Gasteiger partial charge in [0.15, 0.2) is 5.83 Å². The first-order valence-corrected chi connectivity index (χ1v) is 10.8. The molecule has 2 aromatic carbocycles. The van der Waals surface area contributed by atoms with Crippen molar-refractivity contribution >= 4 is 17.2 Å². The summed E-state index contributed by atoms with van der Waals surface area (Å²) < 4.78 is 43.5. The van der Waals surface area contributed by atoms with Crippen molar-refractivity contribution in [3.05, 3.63) is 107 Å². The van der Waals surface area contributed by atoms with Gasteiger partial charge in [-0.15, -0.1) is 0 Å². The molecule has 0 radical (unpaired) electrons. The summed E-state index contributed by atoms with van der Waals surface area (Å²) in [6, 6.07) is 14.1. The van der Waals surface area contributed by atoms with Gasteiger partial charge in [0.1, 0.15) is 17.3 Å². The average molecular weight is 465 g/mol. The van der Waals surface area contributed by atoms with Gasteiger partial charge in [0.05, 0.1) is 17.7 Å². The Kier molecular flexibility index (Phi) is 7.18. The first kappa shape index (κ1) is 23.4. The fourth-order valence-electron chi connectivity index (χ4n) is 3.87. The standard InChI is InChI=1S/C26H22F3N3O2/c27-17-9-7-16(8-10-17)21-15-31-25(24(21)29)23-20(5-3-6-22(23)28)26(34)32-19(11-13-33)14-18-4-1-2-12-30-18/h1-10,12,19,33H,11,13-15H2,(H,32,34)/t19-/m0/s1. The molecule has 1 aliphatic rings. The normalized spacial score (nSPS) is 14.2. The number of carbonyl (C=O) groups is 1. The molecule has 4 rings (SSSR count). The Bertz CT molecular complexity index is 1240. The third kappa shape index (κ3) is 5.07. The summed E-state index contributed by atoms with van der Waals surface area (Å²) in [4.78, 5) is 21.5. The molecule has 1 aliphatic heterocycles. The summed E-state index contributed by atoms with van der Waals surface area (Å²) in [6.45, 7) is -0.228. The first-order valence-electron chi connectivity index (χ1n) is 10.8. The number of hydrogen-bond acceptors (Lipinski definition) is 4. The zero-order valence-corrected chi connectivity index (χ0v) is 18.1. The largest absolute Gasteiger partial charge is 0.396 e. The zero-order chi connectivity index (χ0) is 24.1. The maximum atomic E-state index is 15.3. The van der Waals surface area contributed by atoms with Crippen LogP contribution in [0.3, 0.4) is 0 Å². The van der Waals surface area contributed by atoms with Crippen molar-refractivity contribution in [2.75, 3.05) is 13.2 Å². The molecule has 1 amide bonds. The molecule has 8 heteroatoms. The van der Waals surface area contributed by atoms with E-state index in [1.807, 2.05) is 6.07 Å². The Morgan fingerprint density at radius 1 is 1.03 bits per heavy atom. The second kappa shape index (κ2) is 10.4. The molecule has 1 atom stereocenters. The number of aliphatic imine (C=N–C) groups is 1. The number of allylic oxidation sites excluding steroid dienone is 1. The van der Waals surface area contributed by atoms with E-state index >= 15 is 4.39 Å². The van der Waals surface area contributed by atoms with Gasteiger partial charge in [0, 0.05) is 36.5 Å². The summed E-state index contributed by atoms with van der Waals surface area (Å²) in [5.74, 6) is -2.62. The van der Waals surface area contributed by atoms with E-state index in [-0.39, 0.29) is 42.0 Å². The van der Waals surface area contributed by atoms with Crippen LogP contribution in [0.15, 0.2) is 77.7 Å². The molecular weight excluding hydrogens is 443 g/mol. The predicted octanol–water partition coefficient (Wildman–Crippen LogP) is 4.27. The Labute approximate surface area is 194 Å². The van der Waals surface area contributed by atoms with Crippen LogP contribution in [0.5, 0.6) is 0 Å². The number of halogens is 3. The summed E-state index contributed by atoms with van der Waals surface area (Å²) in [5.41, 5.74) is 0.773. The van der Waals surface area contributed by atoms with Crippen molar-refractivity contribution < 1.29 is 23.1 Å². The first-order chi connectivity index (χ1) is 16.5. The minimum absolute atomic E-state index is 0.0605. The predicted molar refractivity (Wildman–Crippen MR) is 123 cm³/mol. The SMILES string of the molecule is O=C(N[C@@H](CCO)Cc1ccccn1)c1cccc(F)c1C1=NCC(c2ccc(F)cc2)=C1F. The highest BCUT2D eigenvalue weighted by Gasteiger charge is 2.29. The van der Waals surface area contributed by atoms with E-state index in [0.717, 1.165) is 11.8 Å². The third-order valence-electron chi connectivity index (χ3n) is 5.55. The van der Waals surface area contributed by atoms with Crippen LogP contribution in [0.2, 0.25) is 0 Å². The van der Waals surface area contributed by atoms with Crippen LogP contribution >= 0.6 is 0 Å². The molecule has 2 heterocycles. The van der Waals surface area contributed by atoms with E-state index in [2.05, 4.69) is 15.3 Å². The van der Waals surface area contributed by atoms with Crippen molar-refractivity contribution in [2.24, 2.45) is 4.99 Å². The molecule has 2 N–H and O–H groups in total. The van der Waals surface area contributed by atoms with Crippen molar-refractivity contribution in [3.8, 4) is 0 Å². The fraction of sp³-hybridized carbons (Fsp3) is 0.192. The van der Waals surface area contributed by atoms with Crippen LogP contribution < -0.4 is 5.32 Å². The summed E-state index contributed by atoms with van der Waals surface area (Å²) in [6.07, 6.45) is 2.25. The Balaban J connectivity index is 1.62. The second-order valence-corrected chi connectivity index (χ2v) is 7.83. The van der Waals surface area contributed by atoms with Crippen molar-refractivity contribution in [1.82, 2.24) is 10.3 Å². The molecule has 1 aromatic heterocycles. The molecule has 0 aliphatic carbocycles. The van der Waals surface area contributed by atoms with Crippen molar-refractivity contribution in [1.29, 1.82) is 0 Å². The Morgan fingerprint density at radius 3 is 2.53 bits per heavy atom. The molecule has 3 aromatic rings. The molecule has 174 valence electrons. The molecular formula is C26H22F3N3O2. The highest BCUT2D eigenvalue weighted by atomic mass is 19.1. The van der Waals surface area contributed by atoms with Gasteiger partial charge >= 0.3 is 0 Å². The highest BCUT2D eigenvalue weighted by Crippen LogP contribution is 2.31. The number of pyridine rings is 1. The van der Waals surface area contributed by atoms with Gasteiger partial charge in [-0.1, -0.05) is 24.3 Å². The van der Waals surface area contributed by atoms with Crippen LogP contribution in [-0.2, 0) is 6.42 Å². The maximum Gasteiger partial charge on any atom is 0.252 e. The molecule has 0 saturated carbocycles. The van der Waals surface area contributed by atoms with Gasteiger partial charge < -0.3 is 10.4 Å². The lowest BCUT2D eigenvalue weighted by atomic mass is 9.98. The van der Waals surface area contributed by atoms with E-state index in [4.69, 9.17) is 0 Å². The van der Waals surface area contributed by atoms with Crippen LogP contribution in [0.1, 0.15) is 33.6 Å². The smallest absolute Gasteiger partial charge is 0.252 e. The number of nitrogens with one attached hydrogen (secondary N) is 1. The molecule has 0 bridgehead atoms. The lowest BCUT2D eigenvalue weighted by Gasteiger charge is -2.19. The van der Waals surface area contributed by atoms with E-state index in [0.29, 0.717) is 12.0 Å². The van der Waals surface area contributed by atoms with Gasteiger partial charge in [0.2, 0.25) is 0 Å². The van der Waals surface area contributed by atoms with Crippen LogP contribution in [0.25, 0.3) is 5.57 Å². The minimum atomic E-state index is -0.787. The quantitative estimate of drug-likeness (QED) is 0.522. The Morgan fingerprint density at radius 2 is 1.82 bits per heavy atom. The van der Waals surface area contributed by atoms with Crippen LogP contribution in [0.4, 0.5) is 13.2 Å². The van der Waals surface area contributed by atoms with E-state index in [1.54, 1.807) is 18.3 Å². The van der Waals surface area contributed by atoms with Crippen molar-refractivity contribution in [2.45, 2.75) is 18.9 Å². The summed E-state index contributed by atoms with van der Waals surface area (Å²) in [5, 5.41) is 12.2. The zero-order valence-electron chi connectivity index (χ0n) is 18.1. The Hall–Kier alpha value is -3.78. The van der Waals surface area contributed by atoms with Crippen molar-refractivity contribution in [3.63, 3.8) is 0 Å². The van der Waals surface area contributed by atoms with Gasteiger partial charge in [0.25, 0.3) is 5.91 Å². The molecule has 34 heavy (non-hydrogen) atoms. The number of carbonyl (C=O) groups excluding carboxylic acids is 1.